The number of rotatable bonds is 10. The monoisotopic (exact) mass is 605 g/mol. The maximum Gasteiger partial charge on any atom is 0.247 e. The van der Waals surface area contributed by atoms with Gasteiger partial charge in [0.15, 0.2) is 11.5 Å². The van der Waals surface area contributed by atoms with Crippen LogP contribution in [0.25, 0.3) is 0 Å². The van der Waals surface area contributed by atoms with Crippen LogP contribution in [0.4, 0.5) is 8.78 Å². The zero-order chi connectivity index (χ0) is 31.5. The zero-order valence-corrected chi connectivity index (χ0v) is 25.2. The van der Waals surface area contributed by atoms with Crippen LogP contribution < -0.4 is 20.1 Å². The van der Waals surface area contributed by atoms with E-state index in [2.05, 4.69) is 10.6 Å². The van der Waals surface area contributed by atoms with Crippen molar-refractivity contribution in [2.75, 3.05) is 14.2 Å². The van der Waals surface area contributed by atoms with E-state index in [-0.39, 0.29) is 30.4 Å². The molecule has 1 saturated heterocycles. The van der Waals surface area contributed by atoms with Gasteiger partial charge in [0.1, 0.15) is 29.8 Å². The van der Waals surface area contributed by atoms with E-state index in [0.29, 0.717) is 36.0 Å². The third kappa shape index (κ3) is 6.25. The van der Waals surface area contributed by atoms with Crippen LogP contribution in [0.1, 0.15) is 48.6 Å². The fourth-order valence-corrected chi connectivity index (χ4v) is 6.29. The van der Waals surface area contributed by atoms with Gasteiger partial charge < -0.3 is 25.0 Å². The van der Waals surface area contributed by atoms with Crippen LogP contribution in [0.2, 0.25) is 0 Å². The Morgan fingerprint density at radius 3 is 2.27 bits per heavy atom. The fourth-order valence-electron chi connectivity index (χ4n) is 6.29. The summed E-state index contributed by atoms with van der Waals surface area (Å²) in [5.74, 6) is -2.67. The predicted molar refractivity (Wildman–Crippen MR) is 160 cm³/mol. The van der Waals surface area contributed by atoms with Gasteiger partial charge in [0.2, 0.25) is 17.7 Å². The number of amides is 3. The van der Waals surface area contributed by atoms with Gasteiger partial charge in [0, 0.05) is 18.2 Å². The lowest BCUT2D eigenvalue weighted by atomic mass is 9.87. The summed E-state index contributed by atoms with van der Waals surface area (Å²) in [6.07, 6.45) is 1.41. The van der Waals surface area contributed by atoms with Crippen molar-refractivity contribution in [3.63, 3.8) is 0 Å². The van der Waals surface area contributed by atoms with Crippen molar-refractivity contribution in [2.24, 2.45) is 11.8 Å². The second-order valence-corrected chi connectivity index (χ2v) is 11.8. The summed E-state index contributed by atoms with van der Waals surface area (Å²) in [6, 6.07) is 12.4. The molecule has 5 rings (SSSR count). The summed E-state index contributed by atoms with van der Waals surface area (Å²) in [4.78, 5) is 43.4. The number of methoxy groups -OCH3 is 2. The van der Waals surface area contributed by atoms with Crippen LogP contribution in [0, 0.1) is 23.5 Å². The van der Waals surface area contributed by atoms with Crippen molar-refractivity contribution in [1.29, 1.82) is 0 Å². The van der Waals surface area contributed by atoms with E-state index in [9.17, 15) is 18.8 Å². The summed E-state index contributed by atoms with van der Waals surface area (Å²) in [5, 5.41) is 5.75. The third-order valence-corrected chi connectivity index (χ3v) is 8.40. The maximum absolute atomic E-state index is 15.5. The number of ether oxygens (including phenoxy) is 2. The first-order valence-electron chi connectivity index (χ1n) is 14.7. The Kier molecular flexibility index (Phi) is 9.17. The molecule has 0 aromatic heterocycles. The summed E-state index contributed by atoms with van der Waals surface area (Å²) in [6.45, 7) is 3.82. The first-order chi connectivity index (χ1) is 21.1. The molecule has 1 unspecified atom stereocenters. The van der Waals surface area contributed by atoms with Crippen molar-refractivity contribution >= 4 is 17.7 Å². The molecule has 0 bridgehead atoms. The lowest BCUT2D eigenvalue weighted by molar-refractivity contribution is -0.158. The highest BCUT2D eigenvalue weighted by atomic mass is 19.1. The van der Waals surface area contributed by atoms with Crippen LogP contribution in [0.5, 0.6) is 11.5 Å². The van der Waals surface area contributed by atoms with Gasteiger partial charge in [-0.25, -0.2) is 8.78 Å². The highest BCUT2D eigenvalue weighted by molar-refractivity contribution is 6.00. The Morgan fingerprint density at radius 2 is 1.66 bits per heavy atom. The van der Waals surface area contributed by atoms with Gasteiger partial charge in [-0.05, 0) is 66.0 Å². The first kappa shape index (κ1) is 31.0. The highest BCUT2D eigenvalue weighted by Crippen LogP contribution is 2.36. The molecule has 0 saturated carbocycles. The zero-order valence-electron chi connectivity index (χ0n) is 25.2. The smallest absolute Gasteiger partial charge is 0.247 e. The lowest BCUT2D eigenvalue weighted by Gasteiger charge is -2.44. The van der Waals surface area contributed by atoms with Gasteiger partial charge in [-0.3, -0.25) is 14.4 Å². The van der Waals surface area contributed by atoms with Crippen molar-refractivity contribution in [3.8, 4) is 11.5 Å². The number of halogens is 2. The summed E-state index contributed by atoms with van der Waals surface area (Å²) in [7, 11) is 3.01. The number of benzene rings is 3. The molecule has 1 fully saturated rings. The van der Waals surface area contributed by atoms with Crippen LogP contribution in [-0.2, 0) is 33.8 Å². The molecule has 2 aliphatic rings. The van der Waals surface area contributed by atoms with Crippen molar-refractivity contribution in [3.05, 3.63) is 94.6 Å². The van der Waals surface area contributed by atoms with Gasteiger partial charge in [0.25, 0.3) is 0 Å². The van der Waals surface area contributed by atoms with Gasteiger partial charge in [-0.1, -0.05) is 50.2 Å². The fraction of sp³-hybridized carbons (Fsp3) is 0.382. The minimum Gasteiger partial charge on any atom is -0.493 e. The molecule has 2 N–H and O–H groups in total. The number of piperazine rings is 1. The van der Waals surface area contributed by atoms with Crippen LogP contribution in [0.3, 0.4) is 0 Å². The second kappa shape index (κ2) is 13.0. The summed E-state index contributed by atoms with van der Waals surface area (Å²) >= 11 is 0. The van der Waals surface area contributed by atoms with E-state index in [1.54, 1.807) is 18.2 Å². The Hall–Kier alpha value is -4.47. The van der Waals surface area contributed by atoms with E-state index >= 15 is 4.39 Å². The number of fused-ring (bicyclic) bond motifs is 1. The normalized spacial score (nSPS) is 19.0. The third-order valence-electron chi connectivity index (χ3n) is 8.40. The Morgan fingerprint density at radius 1 is 0.977 bits per heavy atom. The second-order valence-electron chi connectivity index (χ2n) is 11.8. The first-order valence-corrected chi connectivity index (χ1v) is 14.7. The summed E-state index contributed by atoms with van der Waals surface area (Å²) in [5.41, 5.74) is 2.67. The van der Waals surface area contributed by atoms with Gasteiger partial charge >= 0.3 is 0 Å². The number of hydrogen-bond donors (Lipinski definition) is 2. The Labute approximate surface area is 255 Å². The molecular weight excluding hydrogens is 568 g/mol. The van der Waals surface area contributed by atoms with Gasteiger partial charge in [-0.15, -0.1) is 0 Å². The van der Waals surface area contributed by atoms with E-state index in [1.807, 2.05) is 38.1 Å². The molecule has 3 aromatic carbocycles. The molecule has 10 heteroatoms. The quantitative estimate of drug-likeness (QED) is 0.355. The molecule has 3 amide bonds. The average Bonchev–Trinajstić information content (AvgIpc) is 3.44. The lowest BCUT2D eigenvalue weighted by Crippen LogP contribution is -2.67. The van der Waals surface area contributed by atoms with Crippen molar-refractivity contribution in [2.45, 2.75) is 57.8 Å². The van der Waals surface area contributed by atoms with E-state index in [4.69, 9.17) is 9.47 Å². The number of hydrogen-bond acceptors (Lipinski definition) is 5. The Balaban J connectivity index is 1.52. The molecule has 0 spiro atoms. The number of nitrogens with one attached hydrogen (secondary N) is 2. The molecule has 232 valence electrons. The average molecular weight is 606 g/mol. The van der Waals surface area contributed by atoms with E-state index in [0.717, 1.165) is 23.3 Å². The number of nitrogens with zero attached hydrogens (tertiary/aromatic N) is 1. The van der Waals surface area contributed by atoms with Crippen molar-refractivity contribution < 1.29 is 32.6 Å². The maximum atomic E-state index is 15.5. The molecule has 1 heterocycles. The minimum atomic E-state index is -1.52. The predicted octanol–water partition coefficient (Wildman–Crippen LogP) is 4.50. The minimum absolute atomic E-state index is 0.0168. The molecular formula is C34H37F2N3O5. The largest absolute Gasteiger partial charge is 0.493 e. The van der Waals surface area contributed by atoms with Crippen molar-refractivity contribution in [1.82, 2.24) is 15.5 Å². The molecule has 1 aliphatic heterocycles. The van der Waals surface area contributed by atoms with Gasteiger partial charge in [-0.2, -0.15) is 0 Å². The SMILES string of the molecule is COc1ccc(CNC(=O)C(c2ccc(F)cc2F)N2C(=O)[C@@H](C3Cc4ccccc4C3)NC(=O)[C@H]2CC(C)C)cc1OC. The van der Waals surface area contributed by atoms with Crippen LogP contribution in [0.15, 0.2) is 60.7 Å². The van der Waals surface area contributed by atoms with Crippen LogP contribution >= 0.6 is 0 Å². The standard InChI is InChI=1S/C34H37F2N3O5/c1-19(2)13-27-32(40)38-30(23-15-21-7-5-6-8-22(21)16-23)34(42)39(27)31(25-11-10-24(35)17-26(25)36)33(41)37-18-20-9-12-28(43-3)29(14-20)44-4/h5-12,14,17,19,23,27,30-31H,13,15-16,18H2,1-4H3,(H,37,41)(H,38,40)/t27-,30-,31?/m1/s1. The van der Waals surface area contributed by atoms with E-state index < -0.39 is 47.5 Å². The molecule has 3 aromatic rings. The molecule has 0 radical (unpaired) electrons. The number of carbonyl (C=O) groups excluding carboxylic acids is 3. The van der Waals surface area contributed by atoms with Crippen LogP contribution in [-0.4, -0.2) is 48.9 Å². The van der Waals surface area contributed by atoms with Gasteiger partial charge in [0.05, 0.1) is 14.2 Å². The summed E-state index contributed by atoms with van der Waals surface area (Å²) < 4.78 is 40.1. The molecule has 8 nitrogen and oxygen atoms in total. The highest BCUT2D eigenvalue weighted by Gasteiger charge is 2.50. The molecule has 44 heavy (non-hydrogen) atoms. The number of carbonyl (C=O) groups is 3. The molecule has 3 atom stereocenters. The Bertz CT molecular complexity index is 1540. The topological polar surface area (TPSA) is 97.0 Å². The molecule has 1 aliphatic carbocycles. The van der Waals surface area contributed by atoms with E-state index in [1.165, 1.54) is 19.1 Å².